The van der Waals surface area contributed by atoms with Crippen LogP contribution in [0.3, 0.4) is 0 Å². The fourth-order valence-corrected chi connectivity index (χ4v) is 3.84. The van der Waals surface area contributed by atoms with Crippen LogP contribution < -0.4 is 5.32 Å². The van der Waals surface area contributed by atoms with Gasteiger partial charge in [0.15, 0.2) is 5.76 Å². The number of hydrogen-bond acceptors (Lipinski definition) is 5. The smallest absolute Gasteiger partial charge is 0.412 e. The number of carbonyl (C=O) groups excluding carboxylic acids is 1. The molecule has 2 N–H and O–H groups in total. The van der Waals surface area contributed by atoms with Crippen molar-refractivity contribution in [3.8, 4) is 11.3 Å². The summed E-state index contributed by atoms with van der Waals surface area (Å²) in [6.07, 6.45) is -0.858. The Balaban J connectivity index is 1.43. The van der Waals surface area contributed by atoms with E-state index in [2.05, 4.69) is 10.5 Å². The first-order valence-corrected chi connectivity index (χ1v) is 11.4. The lowest BCUT2D eigenvalue weighted by molar-refractivity contribution is -0.136. The lowest BCUT2D eigenvalue weighted by Crippen LogP contribution is -2.17. The summed E-state index contributed by atoms with van der Waals surface area (Å²) in [5.41, 5.74) is 4.72. The molecule has 1 atom stereocenters. The number of carboxylic acid groups (broad SMARTS) is 1. The van der Waals surface area contributed by atoms with Gasteiger partial charge in [0.2, 0.25) is 0 Å². The molecule has 0 saturated carbocycles. The van der Waals surface area contributed by atoms with Crippen LogP contribution in [-0.4, -0.2) is 22.3 Å². The highest BCUT2D eigenvalue weighted by atomic mass is 19.1. The minimum absolute atomic E-state index is 0.00192. The van der Waals surface area contributed by atoms with Gasteiger partial charge in [-0.15, -0.1) is 0 Å². The summed E-state index contributed by atoms with van der Waals surface area (Å²) < 4.78 is 24.7. The Hall–Kier alpha value is -4.46. The van der Waals surface area contributed by atoms with Crippen LogP contribution in [0, 0.1) is 12.7 Å². The van der Waals surface area contributed by atoms with Gasteiger partial charge >= 0.3 is 12.1 Å². The zero-order valence-corrected chi connectivity index (χ0v) is 19.8. The maximum absolute atomic E-state index is 14.0. The molecule has 0 aliphatic heterocycles. The quantitative estimate of drug-likeness (QED) is 0.301. The normalized spacial score (nSPS) is 11.6. The van der Waals surface area contributed by atoms with E-state index in [4.69, 9.17) is 14.4 Å². The zero-order chi connectivity index (χ0) is 25.7. The largest absolute Gasteiger partial charge is 0.481 e. The Kier molecular flexibility index (Phi) is 7.44. The van der Waals surface area contributed by atoms with Gasteiger partial charge in [-0.25, -0.2) is 9.18 Å². The molecule has 184 valence electrons. The molecule has 1 amide bonds. The molecule has 36 heavy (non-hydrogen) atoms. The number of nitrogens with one attached hydrogen (secondary N) is 1. The Morgan fingerprint density at radius 1 is 1.00 bits per heavy atom. The van der Waals surface area contributed by atoms with Crippen LogP contribution in [0.5, 0.6) is 0 Å². The number of hydrogen-bond donors (Lipinski definition) is 2. The van der Waals surface area contributed by atoms with Crippen molar-refractivity contribution >= 4 is 17.7 Å². The highest BCUT2D eigenvalue weighted by Crippen LogP contribution is 2.31. The number of halogens is 1. The third kappa shape index (κ3) is 5.96. The molecule has 3 aromatic carbocycles. The fraction of sp³-hybridized carbons (Fsp3) is 0.179. The van der Waals surface area contributed by atoms with E-state index < -0.39 is 24.0 Å². The number of carbonyl (C=O) groups is 2. The Morgan fingerprint density at radius 2 is 1.61 bits per heavy atom. The molecule has 7 nitrogen and oxygen atoms in total. The van der Waals surface area contributed by atoms with Crippen LogP contribution in [0.2, 0.25) is 0 Å². The van der Waals surface area contributed by atoms with E-state index in [1.165, 1.54) is 6.07 Å². The van der Waals surface area contributed by atoms with E-state index in [1.807, 2.05) is 48.5 Å². The number of nitrogens with zero attached hydrogens (tertiary/aromatic N) is 1. The van der Waals surface area contributed by atoms with E-state index in [-0.39, 0.29) is 12.0 Å². The van der Waals surface area contributed by atoms with Crippen LogP contribution in [0.1, 0.15) is 41.0 Å². The summed E-state index contributed by atoms with van der Waals surface area (Å²) in [6, 6.07) is 21.3. The number of rotatable bonds is 8. The highest BCUT2D eigenvalue weighted by molar-refractivity contribution is 5.91. The summed E-state index contributed by atoms with van der Waals surface area (Å²) in [4.78, 5) is 23.4. The minimum atomic E-state index is -0.858. The van der Waals surface area contributed by atoms with Crippen molar-refractivity contribution in [2.45, 2.75) is 32.8 Å². The Bertz CT molecular complexity index is 1360. The predicted molar refractivity (Wildman–Crippen MR) is 132 cm³/mol. The van der Waals surface area contributed by atoms with Crippen molar-refractivity contribution in [1.29, 1.82) is 0 Å². The van der Waals surface area contributed by atoms with Gasteiger partial charge < -0.3 is 14.4 Å². The van der Waals surface area contributed by atoms with Crippen molar-refractivity contribution < 1.29 is 28.3 Å². The van der Waals surface area contributed by atoms with Gasteiger partial charge in [-0.2, -0.15) is 0 Å². The van der Waals surface area contributed by atoms with Crippen molar-refractivity contribution in [1.82, 2.24) is 5.16 Å². The molecule has 0 saturated heterocycles. The van der Waals surface area contributed by atoms with Gasteiger partial charge in [-0.1, -0.05) is 71.9 Å². The second-order valence-electron chi connectivity index (χ2n) is 8.42. The molecule has 4 rings (SSSR count). The molecule has 0 aliphatic carbocycles. The standard InChI is InChI=1S/C28H25FN2O5/c1-17(23-5-3-4-6-24(23)29)35-28(34)30-26-18(2)36-31-27(26)22-13-11-20(12-14-22)15-19-7-9-21(10-8-19)16-25(32)33/h3-14,17H,15-16H2,1-2H3,(H,30,34)(H,32,33). The average molecular weight is 489 g/mol. The van der Waals surface area contributed by atoms with E-state index in [0.29, 0.717) is 23.6 Å². The number of aliphatic carboxylic acids is 1. The molecule has 0 radical (unpaired) electrons. The molecule has 0 fully saturated rings. The van der Waals surface area contributed by atoms with E-state index >= 15 is 0 Å². The number of amides is 1. The first-order chi connectivity index (χ1) is 17.3. The van der Waals surface area contributed by atoms with Gasteiger partial charge in [0.05, 0.1) is 6.42 Å². The van der Waals surface area contributed by atoms with Crippen LogP contribution in [0.4, 0.5) is 14.9 Å². The van der Waals surface area contributed by atoms with E-state index in [0.717, 1.165) is 22.3 Å². The molecule has 0 spiro atoms. The summed E-state index contributed by atoms with van der Waals surface area (Å²) in [5, 5.41) is 15.7. The number of carboxylic acids is 1. The molecule has 1 unspecified atom stereocenters. The van der Waals surface area contributed by atoms with Gasteiger partial charge in [0.1, 0.15) is 23.3 Å². The summed E-state index contributed by atoms with van der Waals surface area (Å²) in [5.74, 6) is -0.898. The summed E-state index contributed by atoms with van der Waals surface area (Å²) in [7, 11) is 0. The van der Waals surface area contributed by atoms with Crippen molar-refractivity contribution in [2.24, 2.45) is 0 Å². The molecule has 1 heterocycles. The van der Waals surface area contributed by atoms with E-state index in [1.54, 1.807) is 32.0 Å². The number of benzene rings is 3. The highest BCUT2D eigenvalue weighted by Gasteiger charge is 2.20. The maximum Gasteiger partial charge on any atom is 0.412 e. The van der Waals surface area contributed by atoms with Gasteiger partial charge in [0.25, 0.3) is 0 Å². The van der Waals surface area contributed by atoms with Gasteiger partial charge in [-0.05, 0) is 43.0 Å². The topological polar surface area (TPSA) is 102 Å². The Morgan fingerprint density at radius 3 is 2.25 bits per heavy atom. The molecule has 0 bridgehead atoms. The first kappa shape index (κ1) is 24.7. The monoisotopic (exact) mass is 488 g/mol. The number of anilines is 1. The molecule has 4 aromatic rings. The molecular formula is C28H25FN2O5. The van der Waals surface area contributed by atoms with Gasteiger partial charge in [0, 0.05) is 11.1 Å². The SMILES string of the molecule is Cc1onc(-c2ccc(Cc3ccc(CC(=O)O)cc3)cc2)c1NC(=O)OC(C)c1ccccc1F. The summed E-state index contributed by atoms with van der Waals surface area (Å²) >= 11 is 0. The minimum Gasteiger partial charge on any atom is -0.481 e. The maximum atomic E-state index is 14.0. The molecule has 0 aliphatic rings. The van der Waals surface area contributed by atoms with Crippen molar-refractivity contribution in [3.63, 3.8) is 0 Å². The zero-order valence-electron chi connectivity index (χ0n) is 19.8. The Labute approximate surface area is 207 Å². The molecular weight excluding hydrogens is 463 g/mol. The molecule has 1 aromatic heterocycles. The lowest BCUT2D eigenvalue weighted by atomic mass is 10.0. The van der Waals surface area contributed by atoms with Gasteiger partial charge in [-0.3, -0.25) is 10.1 Å². The predicted octanol–water partition coefficient (Wildman–Crippen LogP) is 6.32. The first-order valence-electron chi connectivity index (χ1n) is 11.4. The van der Waals surface area contributed by atoms with Crippen molar-refractivity contribution in [3.05, 3.63) is 107 Å². The van der Waals surface area contributed by atoms with Crippen LogP contribution in [0.25, 0.3) is 11.3 Å². The number of aryl methyl sites for hydroxylation is 1. The average Bonchev–Trinajstić information content (AvgIpc) is 3.20. The van der Waals surface area contributed by atoms with Crippen LogP contribution >= 0.6 is 0 Å². The van der Waals surface area contributed by atoms with Crippen molar-refractivity contribution in [2.75, 3.05) is 5.32 Å². The number of aromatic nitrogens is 1. The second kappa shape index (κ2) is 10.9. The molecule has 8 heteroatoms. The lowest BCUT2D eigenvalue weighted by Gasteiger charge is -2.15. The van der Waals surface area contributed by atoms with Crippen LogP contribution in [-0.2, 0) is 22.4 Å². The van der Waals surface area contributed by atoms with Crippen LogP contribution in [0.15, 0.2) is 77.3 Å². The fourth-order valence-electron chi connectivity index (χ4n) is 3.84. The second-order valence-corrected chi connectivity index (χ2v) is 8.42. The number of ether oxygens (including phenoxy) is 1. The third-order valence-electron chi connectivity index (χ3n) is 5.73. The van der Waals surface area contributed by atoms with E-state index in [9.17, 15) is 14.0 Å². The summed E-state index contributed by atoms with van der Waals surface area (Å²) in [6.45, 7) is 3.27. The third-order valence-corrected chi connectivity index (χ3v) is 5.73.